The van der Waals surface area contributed by atoms with Gasteiger partial charge in [-0.25, -0.2) is 0 Å². The summed E-state index contributed by atoms with van der Waals surface area (Å²) in [4.78, 5) is 0. The van der Waals surface area contributed by atoms with Crippen LogP contribution in [0.15, 0.2) is 23.8 Å². The summed E-state index contributed by atoms with van der Waals surface area (Å²) in [6.07, 6.45) is 12.3. The van der Waals surface area contributed by atoms with Crippen molar-refractivity contribution in [1.29, 1.82) is 0 Å². The molecule has 2 aliphatic rings. The predicted octanol–water partition coefficient (Wildman–Crippen LogP) is 3.06. The first-order valence-electron chi connectivity index (χ1n) is 5.81. The Morgan fingerprint density at radius 3 is 2.86 bits per heavy atom. The normalized spacial score (nSPS) is 38.1. The molecule has 0 spiro atoms. The summed E-state index contributed by atoms with van der Waals surface area (Å²) >= 11 is 0. The molecule has 0 amide bonds. The van der Waals surface area contributed by atoms with Crippen LogP contribution in [-0.2, 0) is 0 Å². The first-order chi connectivity index (χ1) is 6.77. The minimum absolute atomic E-state index is 0.0408. The largest absolute Gasteiger partial charge is 0.393 e. The van der Waals surface area contributed by atoms with E-state index in [1.54, 1.807) is 5.57 Å². The molecule has 0 aromatic carbocycles. The van der Waals surface area contributed by atoms with Gasteiger partial charge in [-0.05, 0) is 43.9 Å². The molecule has 1 fully saturated rings. The van der Waals surface area contributed by atoms with Crippen LogP contribution in [0.2, 0.25) is 0 Å². The van der Waals surface area contributed by atoms with E-state index < -0.39 is 0 Å². The van der Waals surface area contributed by atoms with Crippen LogP contribution in [0.1, 0.15) is 39.0 Å². The number of aliphatic hydroxyl groups is 1. The molecule has 78 valence electrons. The lowest BCUT2D eigenvalue weighted by molar-refractivity contribution is 0.0843. The molecule has 1 heteroatoms. The molecule has 1 N–H and O–H groups in total. The van der Waals surface area contributed by atoms with Gasteiger partial charge in [-0.1, -0.05) is 30.7 Å². The number of allylic oxidation sites excluding steroid dienone is 4. The lowest BCUT2D eigenvalue weighted by atomic mass is 9.73. The summed E-state index contributed by atoms with van der Waals surface area (Å²) < 4.78 is 0. The van der Waals surface area contributed by atoms with Crippen LogP contribution >= 0.6 is 0 Å². The average molecular weight is 192 g/mol. The van der Waals surface area contributed by atoms with E-state index in [4.69, 9.17) is 0 Å². The van der Waals surface area contributed by atoms with Gasteiger partial charge in [-0.3, -0.25) is 0 Å². The van der Waals surface area contributed by atoms with Gasteiger partial charge in [-0.2, -0.15) is 0 Å². The van der Waals surface area contributed by atoms with Gasteiger partial charge >= 0.3 is 0 Å². The zero-order valence-corrected chi connectivity index (χ0v) is 8.95. The first-order valence-corrected chi connectivity index (χ1v) is 5.81. The maximum Gasteiger partial charge on any atom is 0.0543 e. The molecule has 0 saturated heterocycles. The molecule has 2 rings (SSSR count). The topological polar surface area (TPSA) is 20.2 Å². The Labute approximate surface area is 86.5 Å². The number of aliphatic hydroxyl groups excluding tert-OH is 1. The minimum Gasteiger partial charge on any atom is -0.393 e. The van der Waals surface area contributed by atoms with Crippen LogP contribution in [0.3, 0.4) is 0 Å². The molecule has 0 heterocycles. The molecule has 0 bridgehead atoms. The molecule has 3 unspecified atom stereocenters. The number of hydrogen-bond acceptors (Lipinski definition) is 1. The average Bonchev–Trinajstić information content (AvgIpc) is 2.19. The monoisotopic (exact) mass is 192 g/mol. The van der Waals surface area contributed by atoms with Crippen molar-refractivity contribution in [3.05, 3.63) is 23.8 Å². The summed E-state index contributed by atoms with van der Waals surface area (Å²) in [5, 5.41) is 9.56. The number of rotatable bonds is 1. The maximum atomic E-state index is 9.56. The molecule has 0 radical (unpaired) electrons. The van der Waals surface area contributed by atoms with Crippen molar-refractivity contribution in [1.82, 2.24) is 0 Å². The van der Waals surface area contributed by atoms with E-state index in [2.05, 4.69) is 25.2 Å². The second-order valence-electron chi connectivity index (χ2n) is 4.76. The molecule has 1 nitrogen and oxygen atoms in total. The highest BCUT2D eigenvalue weighted by Crippen LogP contribution is 2.37. The molecule has 0 aromatic rings. The van der Waals surface area contributed by atoms with Crippen molar-refractivity contribution in [2.45, 2.75) is 45.1 Å². The summed E-state index contributed by atoms with van der Waals surface area (Å²) in [5.74, 6) is 1.40. The highest BCUT2D eigenvalue weighted by Gasteiger charge is 2.28. The van der Waals surface area contributed by atoms with Crippen LogP contribution in [0, 0.1) is 11.8 Å². The van der Waals surface area contributed by atoms with Gasteiger partial charge in [0.1, 0.15) is 0 Å². The lowest BCUT2D eigenvalue weighted by Crippen LogP contribution is -2.27. The van der Waals surface area contributed by atoms with Crippen molar-refractivity contribution in [2.75, 3.05) is 0 Å². The number of hydrogen-bond donors (Lipinski definition) is 1. The van der Waals surface area contributed by atoms with Gasteiger partial charge < -0.3 is 5.11 Å². The van der Waals surface area contributed by atoms with Crippen LogP contribution in [0.25, 0.3) is 0 Å². The smallest absolute Gasteiger partial charge is 0.0543 e. The van der Waals surface area contributed by atoms with E-state index in [-0.39, 0.29) is 6.10 Å². The Morgan fingerprint density at radius 1 is 1.36 bits per heavy atom. The summed E-state index contributed by atoms with van der Waals surface area (Å²) in [5.41, 5.74) is 1.62. The third-order valence-corrected chi connectivity index (χ3v) is 3.66. The summed E-state index contributed by atoms with van der Waals surface area (Å²) in [7, 11) is 0. The standard InChI is InChI=1S/C13H20O/c1-10-9-12(14)7-8-13(10)11-5-3-2-4-6-11/h2-3,5,10,12-14H,4,6-9H2,1H3. The van der Waals surface area contributed by atoms with Crippen LogP contribution in [-0.4, -0.2) is 11.2 Å². The van der Waals surface area contributed by atoms with Gasteiger partial charge in [0.25, 0.3) is 0 Å². The summed E-state index contributed by atoms with van der Waals surface area (Å²) in [6, 6.07) is 0. The van der Waals surface area contributed by atoms with Crippen LogP contribution in [0.5, 0.6) is 0 Å². The zero-order chi connectivity index (χ0) is 9.97. The SMILES string of the molecule is CC1CC(O)CCC1C1=CC=CCC1. The van der Waals surface area contributed by atoms with Crippen molar-refractivity contribution in [3.63, 3.8) is 0 Å². The van der Waals surface area contributed by atoms with Crippen molar-refractivity contribution >= 4 is 0 Å². The molecule has 2 aliphatic carbocycles. The van der Waals surface area contributed by atoms with Gasteiger partial charge in [0.15, 0.2) is 0 Å². The molecule has 14 heavy (non-hydrogen) atoms. The fraction of sp³-hybridized carbons (Fsp3) is 0.692. The molecular formula is C13H20O. The highest BCUT2D eigenvalue weighted by molar-refractivity contribution is 5.21. The maximum absolute atomic E-state index is 9.56. The Kier molecular flexibility index (Phi) is 3.07. The fourth-order valence-corrected chi connectivity index (χ4v) is 2.85. The highest BCUT2D eigenvalue weighted by atomic mass is 16.3. The van der Waals surface area contributed by atoms with Crippen LogP contribution < -0.4 is 0 Å². The van der Waals surface area contributed by atoms with Gasteiger partial charge in [0.05, 0.1) is 6.10 Å². The Hall–Kier alpha value is -0.560. The van der Waals surface area contributed by atoms with Gasteiger partial charge in [-0.15, -0.1) is 0 Å². The molecule has 1 saturated carbocycles. The Balaban J connectivity index is 2.03. The fourth-order valence-electron chi connectivity index (χ4n) is 2.85. The first kappa shape index (κ1) is 9.97. The quantitative estimate of drug-likeness (QED) is 0.677. The second-order valence-corrected chi connectivity index (χ2v) is 4.76. The second kappa shape index (κ2) is 4.31. The van der Waals surface area contributed by atoms with Crippen molar-refractivity contribution in [2.24, 2.45) is 11.8 Å². The molecule has 0 aromatic heterocycles. The third-order valence-electron chi connectivity index (χ3n) is 3.66. The van der Waals surface area contributed by atoms with E-state index in [1.165, 1.54) is 19.3 Å². The zero-order valence-electron chi connectivity index (χ0n) is 8.95. The van der Waals surface area contributed by atoms with Crippen LogP contribution in [0.4, 0.5) is 0 Å². The van der Waals surface area contributed by atoms with E-state index in [1.807, 2.05) is 0 Å². The van der Waals surface area contributed by atoms with E-state index in [0.717, 1.165) is 18.8 Å². The summed E-state index contributed by atoms with van der Waals surface area (Å²) in [6.45, 7) is 2.28. The van der Waals surface area contributed by atoms with E-state index >= 15 is 0 Å². The predicted molar refractivity (Wildman–Crippen MR) is 59.0 cm³/mol. The van der Waals surface area contributed by atoms with Crippen molar-refractivity contribution < 1.29 is 5.11 Å². The Bertz CT molecular complexity index is 252. The van der Waals surface area contributed by atoms with Gasteiger partial charge in [0, 0.05) is 0 Å². The van der Waals surface area contributed by atoms with Crippen molar-refractivity contribution in [3.8, 4) is 0 Å². The lowest BCUT2D eigenvalue weighted by Gasteiger charge is -2.34. The van der Waals surface area contributed by atoms with E-state index in [0.29, 0.717) is 5.92 Å². The van der Waals surface area contributed by atoms with Gasteiger partial charge in [0.2, 0.25) is 0 Å². The Morgan fingerprint density at radius 2 is 2.21 bits per heavy atom. The molecule has 0 aliphatic heterocycles. The third kappa shape index (κ3) is 2.09. The minimum atomic E-state index is -0.0408. The molecule has 3 atom stereocenters. The van der Waals surface area contributed by atoms with E-state index in [9.17, 15) is 5.11 Å². The molecular weight excluding hydrogens is 172 g/mol.